The number of sulfonamides is 1. The first-order valence-corrected chi connectivity index (χ1v) is 9.28. The van der Waals surface area contributed by atoms with Gasteiger partial charge in [-0.25, -0.2) is 13.1 Å². The fourth-order valence-corrected chi connectivity index (χ4v) is 4.36. The molecule has 0 bridgehead atoms. The summed E-state index contributed by atoms with van der Waals surface area (Å²) in [6.07, 6.45) is 2.18. The molecule has 0 radical (unpaired) electrons. The van der Waals surface area contributed by atoms with Crippen molar-refractivity contribution in [3.8, 4) is 0 Å². The highest BCUT2D eigenvalue weighted by atomic mass is 32.2. The molecule has 1 aromatic carbocycles. The van der Waals surface area contributed by atoms with Crippen LogP contribution in [0.2, 0.25) is 0 Å². The SMILES string of the molecule is CC(CS(=O)(=O)NCC1(C)CCCNC1)c1ccccc1. The average Bonchev–Trinajstić information content (AvgIpc) is 2.47. The van der Waals surface area contributed by atoms with Crippen LogP contribution in [-0.4, -0.2) is 33.8 Å². The molecule has 0 aliphatic carbocycles. The maximum absolute atomic E-state index is 12.3. The van der Waals surface area contributed by atoms with Gasteiger partial charge in [0, 0.05) is 13.1 Å². The predicted octanol–water partition coefficient (Wildman–Crippen LogP) is 2.10. The minimum absolute atomic E-state index is 0.000914. The first-order chi connectivity index (χ1) is 9.90. The second-order valence-corrected chi connectivity index (χ2v) is 8.36. The Morgan fingerprint density at radius 3 is 2.67 bits per heavy atom. The van der Waals surface area contributed by atoms with Gasteiger partial charge in [0.2, 0.25) is 10.0 Å². The van der Waals surface area contributed by atoms with E-state index in [1.54, 1.807) is 0 Å². The van der Waals surface area contributed by atoms with Crippen LogP contribution >= 0.6 is 0 Å². The minimum atomic E-state index is -3.24. The molecular formula is C16H26N2O2S. The summed E-state index contributed by atoms with van der Waals surface area (Å²) < 4.78 is 27.3. The largest absolute Gasteiger partial charge is 0.316 e. The third kappa shape index (κ3) is 5.09. The zero-order chi connectivity index (χ0) is 15.3. The van der Waals surface area contributed by atoms with Crippen molar-refractivity contribution in [2.75, 3.05) is 25.4 Å². The molecule has 0 amide bonds. The highest BCUT2D eigenvalue weighted by Gasteiger charge is 2.28. The fourth-order valence-electron chi connectivity index (χ4n) is 2.82. The van der Waals surface area contributed by atoms with Gasteiger partial charge < -0.3 is 5.32 Å². The molecule has 2 atom stereocenters. The third-order valence-corrected chi connectivity index (χ3v) is 5.77. The van der Waals surface area contributed by atoms with Crippen LogP contribution < -0.4 is 10.0 Å². The van der Waals surface area contributed by atoms with Gasteiger partial charge in [0.05, 0.1) is 5.75 Å². The lowest BCUT2D eigenvalue weighted by Gasteiger charge is -2.34. The standard InChI is InChI=1S/C16H26N2O2S/c1-14(15-7-4-3-5-8-15)11-21(19,20)18-13-16(2)9-6-10-17-12-16/h3-5,7-8,14,17-18H,6,9-13H2,1-2H3. The van der Waals surface area contributed by atoms with Gasteiger partial charge in [0.25, 0.3) is 0 Å². The van der Waals surface area contributed by atoms with Gasteiger partial charge in [0.1, 0.15) is 0 Å². The van der Waals surface area contributed by atoms with E-state index in [0.29, 0.717) is 6.54 Å². The number of benzene rings is 1. The van der Waals surface area contributed by atoms with Crippen molar-refractivity contribution in [1.82, 2.24) is 10.0 Å². The summed E-state index contributed by atoms with van der Waals surface area (Å²) in [7, 11) is -3.24. The highest BCUT2D eigenvalue weighted by molar-refractivity contribution is 7.89. The summed E-state index contributed by atoms with van der Waals surface area (Å²) in [5.41, 5.74) is 1.09. The van der Waals surface area contributed by atoms with Gasteiger partial charge in [-0.15, -0.1) is 0 Å². The smallest absolute Gasteiger partial charge is 0.212 e. The number of rotatable bonds is 6. The molecule has 21 heavy (non-hydrogen) atoms. The van der Waals surface area contributed by atoms with Crippen molar-refractivity contribution < 1.29 is 8.42 Å². The Hall–Kier alpha value is -0.910. The van der Waals surface area contributed by atoms with E-state index in [2.05, 4.69) is 17.0 Å². The molecule has 0 aromatic heterocycles. The Kier molecular flexibility index (Phi) is 5.41. The van der Waals surface area contributed by atoms with Crippen molar-refractivity contribution in [3.63, 3.8) is 0 Å². The van der Waals surface area contributed by atoms with Gasteiger partial charge in [-0.05, 0) is 36.3 Å². The molecule has 1 aliphatic rings. The van der Waals surface area contributed by atoms with Crippen LogP contribution in [0.1, 0.15) is 38.2 Å². The molecule has 4 nitrogen and oxygen atoms in total. The van der Waals surface area contributed by atoms with E-state index < -0.39 is 10.0 Å². The summed E-state index contributed by atoms with van der Waals surface area (Å²) in [5, 5.41) is 3.34. The highest BCUT2D eigenvalue weighted by Crippen LogP contribution is 2.25. The van der Waals surface area contributed by atoms with Crippen LogP contribution in [0.5, 0.6) is 0 Å². The maximum atomic E-state index is 12.3. The number of nitrogens with one attached hydrogen (secondary N) is 2. The normalized spacial score (nSPS) is 24.7. The summed E-state index contributed by atoms with van der Waals surface area (Å²) >= 11 is 0. The Morgan fingerprint density at radius 1 is 1.33 bits per heavy atom. The monoisotopic (exact) mass is 310 g/mol. The topological polar surface area (TPSA) is 58.2 Å². The molecule has 2 unspecified atom stereocenters. The van der Waals surface area contributed by atoms with E-state index in [4.69, 9.17) is 0 Å². The van der Waals surface area contributed by atoms with E-state index >= 15 is 0 Å². The van der Waals surface area contributed by atoms with Crippen LogP contribution in [0.3, 0.4) is 0 Å². The Labute approximate surface area is 128 Å². The molecule has 0 saturated carbocycles. The first-order valence-electron chi connectivity index (χ1n) is 7.63. The Morgan fingerprint density at radius 2 is 2.05 bits per heavy atom. The van der Waals surface area contributed by atoms with Crippen LogP contribution in [0.15, 0.2) is 30.3 Å². The molecule has 2 rings (SSSR count). The average molecular weight is 310 g/mol. The van der Waals surface area contributed by atoms with E-state index in [9.17, 15) is 8.42 Å². The second-order valence-electron chi connectivity index (χ2n) is 6.51. The zero-order valence-electron chi connectivity index (χ0n) is 12.9. The van der Waals surface area contributed by atoms with E-state index in [1.165, 1.54) is 0 Å². The van der Waals surface area contributed by atoms with Crippen molar-refractivity contribution in [3.05, 3.63) is 35.9 Å². The second kappa shape index (κ2) is 6.90. The molecule has 5 heteroatoms. The molecule has 2 N–H and O–H groups in total. The quantitative estimate of drug-likeness (QED) is 0.846. The Balaban J connectivity index is 1.90. The number of hydrogen-bond donors (Lipinski definition) is 2. The maximum Gasteiger partial charge on any atom is 0.212 e. The van der Waals surface area contributed by atoms with Crippen LogP contribution in [-0.2, 0) is 10.0 Å². The Bertz CT molecular complexity index is 537. The van der Waals surface area contributed by atoms with Gasteiger partial charge in [-0.3, -0.25) is 0 Å². The first kappa shape index (κ1) is 16.5. The zero-order valence-corrected chi connectivity index (χ0v) is 13.7. The molecule has 118 valence electrons. The number of hydrogen-bond acceptors (Lipinski definition) is 3. The van der Waals surface area contributed by atoms with E-state index in [1.807, 2.05) is 37.3 Å². The molecule has 1 saturated heterocycles. The fraction of sp³-hybridized carbons (Fsp3) is 0.625. The van der Waals surface area contributed by atoms with Gasteiger partial charge in [0.15, 0.2) is 0 Å². The summed E-state index contributed by atoms with van der Waals surface area (Å²) in [5.74, 6) is 0.140. The minimum Gasteiger partial charge on any atom is -0.316 e. The summed E-state index contributed by atoms with van der Waals surface area (Å²) in [6, 6.07) is 9.79. The van der Waals surface area contributed by atoms with E-state index in [0.717, 1.165) is 31.5 Å². The lowest BCUT2D eigenvalue weighted by atomic mass is 9.83. The third-order valence-electron chi connectivity index (χ3n) is 4.24. The summed E-state index contributed by atoms with van der Waals surface area (Å²) in [4.78, 5) is 0. The lowest BCUT2D eigenvalue weighted by molar-refractivity contribution is 0.238. The molecule has 1 aliphatic heterocycles. The van der Waals surface area contributed by atoms with Crippen LogP contribution in [0.25, 0.3) is 0 Å². The molecule has 1 heterocycles. The van der Waals surface area contributed by atoms with Gasteiger partial charge in [-0.1, -0.05) is 44.2 Å². The van der Waals surface area contributed by atoms with E-state index in [-0.39, 0.29) is 17.1 Å². The van der Waals surface area contributed by atoms with Crippen molar-refractivity contribution >= 4 is 10.0 Å². The van der Waals surface area contributed by atoms with Gasteiger partial charge in [-0.2, -0.15) is 0 Å². The molecule has 1 fully saturated rings. The van der Waals surface area contributed by atoms with Crippen molar-refractivity contribution in [2.24, 2.45) is 5.41 Å². The van der Waals surface area contributed by atoms with Crippen molar-refractivity contribution in [2.45, 2.75) is 32.6 Å². The van der Waals surface area contributed by atoms with Crippen LogP contribution in [0, 0.1) is 5.41 Å². The number of piperidine rings is 1. The van der Waals surface area contributed by atoms with Gasteiger partial charge >= 0.3 is 0 Å². The predicted molar refractivity (Wildman–Crippen MR) is 86.9 cm³/mol. The van der Waals surface area contributed by atoms with Crippen molar-refractivity contribution in [1.29, 1.82) is 0 Å². The molecule has 1 aromatic rings. The summed E-state index contributed by atoms with van der Waals surface area (Å²) in [6.45, 7) is 6.53. The molecular weight excluding hydrogens is 284 g/mol. The lowest BCUT2D eigenvalue weighted by Crippen LogP contribution is -2.46. The molecule has 0 spiro atoms. The van der Waals surface area contributed by atoms with Crippen LogP contribution in [0.4, 0.5) is 0 Å².